The van der Waals surface area contributed by atoms with Crippen molar-refractivity contribution in [1.82, 2.24) is 20.2 Å². The van der Waals surface area contributed by atoms with Crippen molar-refractivity contribution in [3.8, 4) is 0 Å². The lowest BCUT2D eigenvalue weighted by molar-refractivity contribution is -0.129. The van der Waals surface area contributed by atoms with Crippen molar-refractivity contribution in [3.63, 3.8) is 0 Å². The molecule has 0 saturated carbocycles. The van der Waals surface area contributed by atoms with Gasteiger partial charge < -0.3 is 26.2 Å². The number of primary amides is 1. The summed E-state index contributed by atoms with van der Waals surface area (Å²) < 4.78 is 30.6. The number of piperazine rings is 1. The molecule has 1 aromatic carbocycles. The molecule has 0 bridgehead atoms. The molecule has 210 valence electrons. The molecule has 39 heavy (non-hydrogen) atoms. The predicted molar refractivity (Wildman–Crippen MR) is 144 cm³/mol. The van der Waals surface area contributed by atoms with Crippen molar-refractivity contribution >= 4 is 29.1 Å². The standard InChI is InChI=1S/C27H36F2N8O2/c1-26(25(30)39)3-7-35(8-4-26)14-18-11-20(29)21(12-19(18)28)37-15-24(38)34-27(16-37)5-9-36(10-6-27)23-13-22(31-2)32-17-33-23/h11-13,17H,3-10,14-16H2,1-2H3,(H2,30,39)(H,34,38)(H,31,32,33). The molecule has 1 spiro atoms. The highest BCUT2D eigenvalue weighted by Gasteiger charge is 2.42. The minimum absolute atomic E-state index is 0.0313. The summed E-state index contributed by atoms with van der Waals surface area (Å²) >= 11 is 0. The number of carbonyl (C=O) groups excluding carboxylic acids is 2. The zero-order valence-electron chi connectivity index (χ0n) is 22.5. The lowest BCUT2D eigenvalue weighted by Crippen LogP contribution is -2.66. The number of nitrogens with two attached hydrogens (primary N) is 1. The first-order valence-electron chi connectivity index (χ1n) is 13.4. The van der Waals surface area contributed by atoms with Gasteiger partial charge in [-0.3, -0.25) is 14.5 Å². The summed E-state index contributed by atoms with van der Waals surface area (Å²) in [5.41, 5.74) is 4.79. The first-order chi connectivity index (χ1) is 18.6. The third kappa shape index (κ3) is 5.61. The quantitative estimate of drug-likeness (QED) is 0.506. The van der Waals surface area contributed by atoms with E-state index in [2.05, 4.69) is 25.5 Å². The predicted octanol–water partition coefficient (Wildman–Crippen LogP) is 1.86. The van der Waals surface area contributed by atoms with Crippen molar-refractivity contribution in [1.29, 1.82) is 0 Å². The summed E-state index contributed by atoms with van der Waals surface area (Å²) in [5.74, 6) is -0.0527. The fourth-order valence-corrected chi connectivity index (χ4v) is 5.88. The van der Waals surface area contributed by atoms with Crippen LogP contribution in [-0.4, -0.2) is 78.5 Å². The van der Waals surface area contributed by atoms with Crippen LogP contribution < -0.4 is 26.2 Å². The highest BCUT2D eigenvalue weighted by molar-refractivity contribution is 5.84. The van der Waals surface area contributed by atoms with Gasteiger partial charge >= 0.3 is 0 Å². The molecular formula is C27H36F2N8O2. The second-order valence-corrected chi connectivity index (χ2v) is 11.3. The van der Waals surface area contributed by atoms with Crippen LogP contribution in [0.15, 0.2) is 24.5 Å². The van der Waals surface area contributed by atoms with E-state index in [9.17, 15) is 9.59 Å². The number of likely N-dealkylation sites (tertiary alicyclic amines) is 1. The van der Waals surface area contributed by atoms with Crippen LogP contribution in [0, 0.1) is 17.0 Å². The van der Waals surface area contributed by atoms with Crippen LogP contribution in [0.5, 0.6) is 0 Å². The third-order valence-electron chi connectivity index (χ3n) is 8.59. The van der Waals surface area contributed by atoms with Crippen LogP contribution in [0.3, 0.4) is 0 Å². The van der Waals surface area contributed by atoms with E-state index in [1.807, 2.05) is 17.9 Å². The number of hydrogen-bond donors (Lipinski definition) is 3. The fraction of sp³-hybridized carbons (Fsp3) is 0.556. The molecule has 3 aliphatic rings. The van der Waals surface area contributed by atoms with Crippen LogP contribution in [0.25, 0.3) is 0 Å². The van der Waals surface area contributed by atoms with Crippen LogP contribution in [0.2, 0.25) is 0 Å². The van der Waals surface area contributed by atoms with Crippen molar-refractivity contribution in [3.05, 3.63) is 41.7 Å². The van der Waals surface area contributed by atoms with Gasteiger partial charge in [0.2, 0.25) is 11.8 Å². The van der Waals surface area contributed by atoms with Gasteiger partial charge in [-0.15, -0.1) is 0 Å². The number of piperidine rings is 2. The maximum Gasteiger partial charge on any atom is 0.240 e. The maximum absolute atomic E-state index is 15.4. The van der Waals surface area contributed by atoms with E-state index in [1.165, 1.54) is 18.5 Å². The SMILES string of the molecule is CNc1cc(N2CCC3(CC2)CN(c2cc(F)c(CN4CCC(C)(C(N)=O)CC4)cc2F)CC(=O)N3)ncn1. The molecule has 3 saturated heterocycles. The normalized spacial score (nSPS) is 21.1. The molecule has 4 N–H and O–H groups in total. The molecule has 12 heteroatoms. The average molecular weight is 543 g/mol. The number of carbonyl (C=O) groups is 2. The Kier molecular flexibility index (Phi) is 7.32. The molecule has 10 nitrogen and oxygen atoms in total. The van der Waals surface area contributed by atoms with Crippen LogP contribution in [0.1, 0.15) is 38.2 Å². The average Bonchev–Trinajstić information content (AvgIpc) is 2.92. The Morgan fingerprint density at radius 2 is 1.77 bits per heavy atom. The number of nitrogens with one attached hydrogen (secondary N) is 2. The highest BCUT2D eigenvalue weighted by atomic mass is 19.1. The Bertz CT molecular complexity index is 1240. The molecule has 4 heterocycles. The monoisotopic (exact) mass is 542 g/mol. The number of anilines is 3. The third-order valence-corrected chi connectivity index (χ3v) is 8.59. The zero-order valence-corrected chi connectivity index (χ0v) is 22.5. The summed E-state index contributed by atoms with van der Waals surface area (Å²) in [7, 11) is 1.80. The molecular weight excluding hydrogens is 506 g/mol. The lowest BCUT2D eigenvalue weighted by atomic mass is 9.79. The summed E-state index contributed by atoms with van der Waals surface area (Å²) in [6.07, 6.45) is 3.98. The molecule has 0 atom stereocenters. The van der Waals surface area contributed by atoms with Crippen molar-refractivity contribution in [2.24, 2.45) is 11.1 Å². The number of aromatic nitrogens is 2. The van der Waals surface area contributed by atoms with E-state index >= 15 is 8.78 Å². The van der Waals surface area contributed by atoms with Crippen LogP contribution in [0.4, 0.5) is 26.1 Å². The molecule has 0 unspecified atom stereocenters. The first-order valence-corrected chi connectivity index (χ1v) is 13.4. The van der Waals surface area contributed by atoms with Crippen LogP contribution >= 0.6 is 0 Å². The van der Waals surface area contributed by atoms with Gasteiger partial charge in [-0.2, -0.15) is 0 Å². The summed E-state index contributed by atoms with van der Waals surface area (Å²) in [4.78, 5) is 38.8. The molecule has 3 fully saturated rings. The summed E-state index contributed by atoms with van der Waals surface area (Å²) in [5, 5.41) is 6.14. The molecule has 0 aliphatic carbocycles. The van der Waals surface area contributed by atoms with Crippen molar-refractivity contribution < 1.29 is 18.4 Å². The summed E-state index contributed by atoms with van der Waals surface area (Å²) in [6.45, 7) is 4.95. The Morgan fingerprint density at radius 1 is 1.05 bits per heavy atom. The van der Waals surface area contributed by atoms with Gasteiger partial charge in [-0.25, -0.2) is 18.7 Å². The van der Waals surface area contributed by atoms with E-state index in [-0.39, 0.29) is 36.2 Å². The van der Waals surface area contributed by atoms with Gasteiger partial charge in [0.25, 0.3) is 0 Å². The van der Waals surface area contributed by atoms with Gasteiger partial charge in [0, 0.05) is 56.3 Å². The Morgan fingerprint density at radius 3 is 2.44 bits per heavy atom. The van der Waals surface area contributed by atoms with E-state index in [4.69, 9.17) is 5.73 Å². The van der Waals surface area contributed by atoms with Crippen molar-refractivity contribution in [2.45, 2.75) is 44.7 Å². The fourth-order valence-electron chi connectivity index (χ4n) is 5.88. The van der Waals surface area contributed by atoms with Gasteiger partial charge in [-0.05, 0) is 44.8 Å². The number of benzene rings is 1. The van der Waals surface area contributed by atoms with E-state index in [1.54, 1.807) is 11.9 Å². The molecule has 5 rings (SSSR count). The number of amides is 2. The van der Waals surface area contributed by atoms with E-state index < -0.39 is 22.6 Å². The second-order valence-electron chi connectivity index (χ2n) is 11.3. The molecule has 2 amide bonds. The highest BCUT2D eigenvalue weighted by Crippen LogP contribution is 2.34. The first kappa shape index (κ1) is 27.0. The Labute approximate surface area is 226 Å². The Balaban J connectivity index is 1.26. The summed E-state index contributed by atoms with van der Waals surface area (Å²) in [6, 6.07) is 4.33. The van der Waals surface area contributed by atoms with Gasteiger partial charge in [-0.1, -0.05) is 6.92 Å². The lowest BCUT2D eigenvalue weighted by Gasteiger charge is -2.48. The minimum Gasteiger partial charge on any atom is -0.373 e. The maximum atomic E-state index is 15.4. The zero-order chi connectivity index (χ0) is 27.8. The largest absolute Gasteiger partial charge is 0.373 e. The second kappa shape index (κ2) is 10.6. The number of nitrogens with zero attached hydrogens (tertiary/aromatic N) is 5. The van der Waals surface area contributed by atoms with E-state index in [0.29, 0.717) is 58.4 Å². The smallest absolute Gasteiger partial charge is 0.240 e. The minimum atomic E-state index is -0.560. The van der Waals surface area contributed by atoms with E-state index in [0.717, 1.165) is 11.6 Å². The van der Waals surface area contributed by atoms with Crippen LogP contribution in [-0.2, 0) is 16.1 Å². The van der Waals surface area contributed by atoms with Gasteiger partial charge in [0.15, 0.2) is 0 Å². The van der Waals surface area contributed by atoms with Gasteiger partial charge in [0.05, 0.1) is 17.8 Å². The number of rotatable bonds is 6. The number of halogens is 2. The number of hydrogen-bond acceptors (Lipinski definition) is 8. The van der Waals surface area contributed by atoms with Gasteiger partial charge in [0.1, 0.15) is 29.6 Å². The molecule has 3 aliphatic heterocycles. The topological polar surface area (TPSA) is 120 Å². The molecule has 2 aromatic rings. The molecule has 0 radical (unpaired) electrons. The Hall–Kier alpha value is -3.54. The van der Waals surface area contributed by atoms with Crippen molar-refractivity contribution in [2.75, 3.05) is 61.4 Å². The molecule has 1 aromatic heterocycles.